The van der Waals surface area contributed by atoms with Gasteiger partial charge in [0, 0.05) is 44.7 Å². The van der Waals surface area contributed by atoms with Crippen molar-refractivity contribution in [3.8, 4) is 11.1 Å². The van der Waals surface area contributed by atoms with Gasteiger partial charge in [-0.2, -0.15) is 0 Å². The fourth-order valence-corrected chi connectivity index (χ4v) is 6.91. The summed E-state index contributed by atoms with van der Waals surface area (Å²) in [6.07, 6.45) is -0.114. The van der Waals surface area contributed by atoms with Gasteiger partial charge in [-0.15, -0.1) is 0 Å². The SMILES string of the molecule is O=C(NCc1ccccc1)NCc1cccc(-c2ccc(C3OC(CN(Cc4ccccc4)Cc4ccccc4)CC(c4ccc(CO)cc4)O3)cc2)c1. The van der Waals surface area contributed by atoms with Gasteiger partial charge in [-0.25, -0.2) is 4.79 Å². The van der Waals surface area contributed by atoms with Crippen molar-refractivity contribution in [2.75, 3.05) is 6.54 Å². The van der Waals surface area contributed by atoms with Crippen molar-refractivity contribution in [1.82, 2.24) is 15.5 Å². The van der Waals surface area contributed by atoms with E-state index >= 15 is 0 Å². The first kappa shape index (κ1) is 36.8. The fraction of sp³-hybridized carbons (Fsp3) is 0.213. The topological polar surface area (TPSA) is 83.1 Å². The van der Waals surface area contributed by atoms with Gasteiger partial charge in [0.1, 0.15) is 0 Å². The van der Waals surface area contributed by atoms with Crippen LogP contribution in [0.5, 0.6) is 0 Å². The lowest BCUT2D eigenvalue weighted by Gasteiger charge is -2.38. The zero-order valence-electron chi connectivity index (χ0n) is 30.4. The van der Waals surface area contributed by atoms with Crippen LogP contribution in [-0.4, -0.2) is 28.7 Å². The number of ether oxygens (including phenoxy) is 2. The molecule has 3 unspecified atom stereocenters. The molecule has 0 aliphatic carbocycles. The Hall–Kier alpha value is -5.57. The normalized spacial score (nSPS) is 16.9. The van der Waals surface area contributed by atoms with Crippen molar-refractivity contribution in [3.63, 3.8) is 0 Å². The molecule has 7 rings (SSSR count). The smallest absolute Gasteiger partial charge is 0.315 e. The number of amides is 2. The molecule has 1 heterocycles. The number of aliphatic hydroxyl groups excluding tert-OH is 1. The molecule has 0 bridgehead atoms. The molecule has 0 saturated carbocycles. The minimum atomic E-state index is -0.555. The number of hydrogen-bond donors (Lipinski definition) is 3. The number of carbonyl (C=O) groups is 1. The van der Waals surface area contributed by atoms with E-state index in [-0.39, 0.29) is 24.8 Å². The predicted octanol–water partition coefficient (Wildman–Crippen LogP) is 9.09. The van der Waals surface area contributed by atoms with Crippen molar-refractivity contribution in [2.45, 2.75) is 57.7 Å². The first-order chi connectivity index (χ1) is 26.6. The van der Waals surface area contributed by atoms with Gasteiger partial charge < -0.3 is 25.2 Å². The van der Waals surface area contributed by atoms with E-state index in [1.807, 2.05) is 54.6 Å². The van der Waals surface area contributed by atoms with Crippen LogP contribution in [0.2, 0.25) is 0 Å². The monoisotopic (exact) mass is 717 g/mol. The molecule has 0 radical (unpaired) electrons. The Kier molecular flexibility index (Phi) is 12.6. The average Bonchev–Trinajstić information content (AvgIpc) is 3.23. The number of benzene rings is 6. The molecule has 6 aromatic carbocycles. The molecule has 2 amide bonds. The minimum absolute atomic E-state index is 0.00392. The largest absolute Gasteiger partial charge is 0.392 e. The van der Waals surface area contributed by atoms with Crippen molar-refractivity contribution < 1.29 is 19.4 Å². The lowest BCUT2D eigenvalue weighted by Crippen LogP contribution is -2.39. The summed E-state index contributed by atoms with van der Waals surface area (Å²) in [6, 6.07) is 55.5. The van der Waals surface area contributed by atoms with Gasteiger partial charge in [-0.3, -0.25) is 4.90 Å². The molecule has 0 aromatic heterocycles. The van der Waals surface area contributed by atoms with E-state index in [0.29, 0.717) is 19.5 Å². The van der Waals surface area contributed by atoms with Crippen LogP contribution in [0.3, 0.4) is 0 Å². The summed E-state index contributed by atoms with van der Waals surface area (Å²) in [5.41, 5.74) is 9.60. The highest BCUT2D eigenvalue weighted by atomic mass is 16.7. The molecular weight excluding hydrogens is 671 g/mol. The Labute approximate surface area is 318 Å². The standard InChI is InChI=1S/C47H47N3O4/c51-34-38-19-21-41(22-20-38)45-28-44(33-50(31-36-13-6-2-7-14-36)32-37-15-8-3-9-16-37)53-46(54-45)42-25-23-40(24-26-42)43-18-10-17-39(27-43)30-49-47(52)48-29-35-11-4-1-5-12-35/h1-27,44-46,51H,28-34H2,(H2,48,49,52). The maximum absolute atomic E-state index is 12.5. The summed E-state index contributed by atoms with van der Waals surface area (Å²) in [6.45, 7) is 3.24. The van der Waals surface area contributed by atoms with Crippen LogP contribution in [0.15, 0.2) is 164 Å². The van der Waals surface area contributed by atoms with Gasteiger partial charge in [0.25, 0.3) is 0 Å². The summed E-state index contributed by atoms with van der Waals surface area (Å²) in [4.78, 5) is 14.9. The second-order valence-electron chi connectivity index (χ2n) is 13.8. The summed E-state index contributed by atoms with van der Waals surface area (Å²) >= 11 is 0. The molecular formula is C47H47N3O4. The van der Waals surface area contributed by atoms with Gasteiger partial charge in [0.05, 0.1) is 18.8 Å². The molecule has 1 fully saturated rings. The molecule has 3 atom stereocenters. The molecule has 274 valence electrons. The van der Waals surface area contributed by atoms with Crippen LogP contribution in [0.1, 0.15) is 57.8 Å². The van der Waals surface area contributed by atoms with Gasteiger partial charge in [0.2, 0.25) is 0 Å². The highest BCUT2D eigenvalue weighted by Gasteiger charge is 2.33. The fourth-order valence-electron chi connectivity index (χ4n) is 6.91. The van der Waals surface area contributed by atoms with Crippen molar-refractivity contribution >= 4 is 6.03 Å². The number of nitrogens with one attached hydrogen (secondary N) is 2. The Morgan fingerprint density at radius 1 is 0.574 bits per heavy atom. The number of rotatable bonds is 14. The average molecular weight is 718 g/mol. The van der Waals surface area contributed by atoms with Gasteiger partial charge in [-0.1, -0.05) is 158 Å². The van der Waals surface area contributed by atoms with E-state index in [9.17, 15) is 9.90 Å². The Morgan fingerprint density at radius 3 is 1.74 bits per heavy atom. The predicted molar refractivity (Wildman–Crippen MR) is 213 cm³/mol. The van der Waals surface area contributed by atoms with E-state index < -0.39 is 6.29 Å². The molecule has 1 saturated heterocycles. The van der Waals surface area contributed by atoms with Gasteiger partial charge >= 0.3 is 6.03 Å². The van der Waals surface area contributed by atoms with Crippen LogP contribution in [0, 0.1) is 0 Å². The van der Waals surface area contributed by atoms with E-state index in [4.69, 9.17) is 9.47 Å². The van der Waals surface area contributed by atoms with Crippen molar-refractivity contribution in [1.29, 1.82) is 0 Å². The summed E-state index contributed by atoms with van der Waals surface area (Å²) in [7, 11) is 0. The highest BCUT2D eigenvalue weighted by Crippen LogP contribution is 2.39. The Morgan fingerprint density at radius 2 is 1.13 bits per heavy atom. The van der Waals surface area contributed by atoms with E-state index in [0.717, 1.165) is 58.6 Å². The zero-order chi connectivity index (χ0) is 37.0. The number of aliphatic hydroxyl groups is 1. The summed E-state index contributed by atoms with van der Waals surface area (Å²) < 4.78 is 13.5. The number of urea groups is 1. The molecule has 3 N–H and O–H groups in total. The summed E-state index contributed by atoms with van der Waals surface area (Å²) in [5.74, 6) is 0. The third-order valence-corrected chi connectivity index (χ3v) is 9.77. The lowest BCUT2D eigenvalue weighted by atomic mass is 9.98. The third kappa shape index (κ3) is 10.3. The van der Waals surface area contributed by atoms with Crippen LogP contribution in [0.4, 0.5) is 4.79 Å². The van der Waals surface area contributed by atoms with Crippen LogP contribution >= 0.6 is 0 Å². The molecule has 1 aliphatic rings. The Bertz CT molecular complexity index is 2000. The maximum Gasteiger partial charge on any atom is 0.315 e. The molecule has 7 heteroatoms. The van der Waals surface area contributed by atoms with E-state index in [2.05, 4.69) is 125 Å². The molecule has 0 spiro atoms. The number of nitrogens with zero attached hydrogens (tertiary/aromatic N) is 1. The highest BCUT2D eigenvalue weighted by molar-refractivity contribution is 5.74. The maximum atomic E-state index is 12.5. The first-order valence-electron chi connectivity index (χ1n) is 18.6. The second kappa shape index (κ2) is 18.5. The molecule has 7 nitrogen and oxygen atoms in total. The minimum Gasteiger partial charge on any atom is -0.392 e. The quantitative estimate of drug-likeness (QED) is 0.105. The number of carbonyl (C=O) groups excluding carboxylic acids is 1. The summed E-state index contributed by atoms with van der Waals surface area (Å²) in [5, 5.41) is 15.6. The first-order valence-corrected chi connectivity index (χ1v) is 18.6. The second-order valence-corrected chi connectivity index (χ2v) is 13.8. The van der Waals surface area contributed by atoms with E-state index in [1.165, 1.54) is 11.1 Å². The lowest BCUT2D eigenvalue weighted by molar-refractivity contribution is -0.253. The van der Waals surface area contributed by atoms with Crippen molar-refractivity contribution in [3.05, 3.63) is 203 Å². The van der Waals surface area contributed by atoms with Gasteiger partial charge in [-0.05, 0) is 50.6 Å². The van der Waals surface area contributed by atoms with E-state index in [1.54, 1.807) is 0 Å². The van der Waals surface area contributed by atoms with Crippen LogP contribution < -0.4 is 10.6 Å². The molecule has 6 aromatic rings. The van der Waals surface area contributed by atoms with Crippen LogP contribution in [-0.2, 0) is 42.3 Å². The molecule has 1 aliphatic heterocycles. The van der Waals surface area contributed by atoms with Gasteiger partial charge in [0.15, 0.2) is 6.29 Å². The van der Waals surface area contributed by atoms with Crippen molar-refractivity contribution in [2.24, 2.45) is 0 Å². The van der Waals surface area contributed by atoms with Crippen LogP contribution in [0.25, 0.3) is 11.1 Å². The zero-order valence-corrected chi connectivity index (χ0v) is 30.4. The third-order valence-electron chi connectivity index (χ3n) is 9.77. The number of hydrogen-bond acceptors (Lipinski definition) is 5. The Balaban J connectivity index is 1.05. The molecule has 54 heavy (non-hydrogen) atoms.